The molecule has 11 heteroatoms. The van der Waals surface area contributed by atoms with Crippen LogP contribution < -0.4 is 11.0 Å². The normalized spacial score (nSPS) is 30.7. The number of aliphatic hydroxyl groups is 3. The second kappa shape index (κ2) is 5.70. The van der Waals surface area contributed by atoms with Gasteiger partial charge in [-0.25, -0.2) is 9.59 Å². The minimum Gasteiger partial charge on any atom is -0.465 e. The maximum Gasteiger partial charge on any atom is 0.410 e. The molecular weight excluding hydrogens is 300 g/mol. The molecule has 0 aliphatic carbocycles. The Labute approximate surface area is 122 Å². The molecule has 1 fully saturated rings. The van der Waals surface area contributed by atoms with Crippen LogP contribution >= 0.6 is 0 Å². The number of amides is 1. The van der Waals surface area contributed by atoms with Crippen molar-refractivity contribution in [2.75, 3.05) is 11.9 Å². The molecule has 1 aliphatic heterocycles. The molecule has 1 aromatic rings. The van der Waals surface area contributed by atoms with E-state index in [0.29, 0.717) is 4.57 Å². The lowest BCUT2D eigenvalue weighted by Gasteiger charge is -2.26. The highest BCUT2D eigenvalue weighted by Gasteiger charge is 2.56. The van der Waals surface area contributed by atoms with E-state index in [1.165, 1.54) is 0 Å². The van der Waals surface area contributed by atoms with Crippen molar-refractivity contribution < 1.29 is 30.0 Å². The van der Waals surface area contributed by atoms with Gasteiger partial charge in [-0.1, -0.05) is 0 Å². The minimum absolute atomic E-state index is 0.284. The van der Waals surface area contributed by atoms with E-state index < -0.39 is 42.4 Å². The Hall–Kier alpha value is -2.52. The summed E-state index contributed by atoms with van der Waals surface area (Å²) >= 11 is 0. The quantitative estimate of drug-likeness (QED) is 0.407. The van der Waals surface area contributed by atoms with Crippen molar-refractivity contribution in [2.45, 2.75) is 24.0 Å². The number of hydrogen-bond donors (Lipinski definition) is 5. The SMILES string of the molecule is N#C[C@@]1(n2ccc(NC(=O)O)nc2=O)O[C@H](CO)[C@@H](O)[C@H]1O. The fourth-order valence-corrected chi connectivity index (χ4v) is 2.13. The van der Waals surface area contributed by atoms with Crippen LogP contribution in [0, 0.1) is 11.3 Å². The molecule has 118 valence electrons. The molecule has 11 nitrogen and oxygen atoms in total. The molecule has 1 aliphatic rings. The Balaban J connectivity index is 2.47. The van der Waals surface area contributed by atoms with Crippen LogP contribution in [-0.2, 0) is 10.5 Å². The van der Waals surface area contributed by atoms with E-state index in [9.17, 15) is 25.1 Å². The van der Waals surface area contributed by atoms with Gasteiger partial charge in [0, 0.05) is 6.20 Å². The van der Waals surface area contributed by atoms with Gasteiger partial charge in [0.15, 0.2) is 0 Å². The van der Waals surface area contributed by atoms with Gasteiger partial charge >= 0.3 is 11.8 Å². The first-order valence-electron chi connectivity index (χ1n) is 6.02. The predicted octanol–water partition coefficient (Wildman–Crippen LogP) is -2.38. The van der Waals surface area contributed by atoms with Crippen molar-refractivity contribution >= 4 is 11.9 Å². The van der Waals surface area contributed by atoms with E-state index in [1.54, 1.807) is 6.07 Å². The third-order valence-electron chi connectivity index (χ3n) is 3.17. The zero-order chi connectivity index (χ0) is 16.5. The summed E-state index contributed by atoms with van der Waals surface area (Å²) in [6.45, 7) is -0.678. The molecule has 4 atom stereocenters. The van der Waals surface area contributed by atoms with Gasteiger partial charge in [0.25, 0.3) is 5.72 Å². The Morgan fingerprint density at radius 2 is 2.27 bits per heavy atom. The summed E-state index contributed by atoms with van der Waals surface area (Å²) in [5.41, 5.74) is -3.36. The molecule has 22 heavy (non-hydrogen) atoms. The smallest absolute Gasteiger partial charge is 0.410 e. The fourth-order valence-electron chi connectivity index (χ4n) is 2.13. The molecule has 0 saturated carbocycles. The summed E-state index contributed by atoms with van der Waals surface area (Å²) in [7, 11) is 0. The van der Waals surface area contributed by atoms with Crippen molar-refractivity contribution in [1.29, 1.82) is 5.26 Å². The predicted molar refractivity (Wildman–Crippen MR) is 67.7 cm³/mol. The molecule has 0 unspecified atom stereocenters. The lowest BCUT2D eigenvalue weighted by atomic mass is 10.0. The van der Waals surface area contributed by atoms with Crippen LogP contribution in [0.25, 0.3) is 0 Å². The number of nitrogens with one attached hydrogen (secondary N) is 1. The summed E-state index contributed by atoms with van der Waals surface area (Å²) in [5, 5.41) is 48.5. The first-order valence-corrected chi connectivity index (χ1v) is 6.02. The Bertz CT molecular complexity index is 684. The van der Waals surface area contributed by atoms with Crippen LogP contribution in [0.5, 0.6) is 0 Å². The number of aromatic nitrogens is 2. The van der Waals surface area contributed by atoms with Crippen molar-refractivity contribution in [1.82, 2.24) is 9.55 Å². The molecular formula is C11H12N4O7. The second-order valence-electron chi connectivity index (χ2n) is 4.48. The lowest BCUT2D eigenvalue weighted by molar-refractivity contribution is -0.109. The molecule has 0 aromatic carbocycles. The van der Waals surface area contributed by atoms with Gasteiger partial charge in [0.05, 0.1) is 6.61 Å². The molecule has 2 heterocycles. The van der Waals surface area contributed by atoms with Crippen LogP contribution in [-0.4, -0.2) is 61.0 Å². The number of nitriles is 1. The molecule has 2 rings (SSSR count). The van der Waals surface area contributed by atoms with Crippen LogP contribution in [0.1, 0.15) is 0 Å². The van der Waals surface area contributed by atoms with Crippen molar-refractivity contribution in [3.63, 3.8) is 0 Å². The number of anilines is 1. The van der Waals surface area contributed by atoms with Gasteiger partial charge in [-0.05, 0) is 6.07 Å². The number of carboxylic acid groups (broad SMARTS) is 1. The van der Waals surface area contributed by atoms with E-state index >= 15 is 0 Å². The van der Waals surface area contributed by atoms with Crippen molar-refractivity contribution in [2.24, 2.45) is 0 Å². The maximum absolute atomic E-state index is 12.0. The molecule has 0 bridgehead atoms. The average Bonchev–Trinajstić information content (AvgIpc) is 2.72. The zero-order valence-corrected chi connectivity index (χ0v) is 10.9. The van der Waals surface area contributed by atoms with Crippen molar-refractivity contribution in [3.05, 3.63) is 22.7 Å². The summed E-state index contributed by atoms with van der Waals surface area (Å²) < 4.78 is 5.75. The van der Waals surface area contributed by atoms with Gasteiger partial charge < -0.3 is 25.2 Å². The van der Waals surface area contributed by atoms with E-state index in [1.807, 2.05) is 5.32 Å². The number of ether oxygens (including phenoxy) is 1. The van der Waals surface area contributed by atoms with Gasteiger partial charge in [0.1, 0.15) is 30.2 Å². The maximum atomic E-state index is 12.0. The summed E-state index contributed by atoms with van der Waals surface area (Å²) in [5.74, 6) is -0.284. The summed E-state index contributed by atoms with van der Waals surface area (Å²) in [4.78, 5) is 25.8. The van der Waals surface area contributed by atoms with Crippen LogP contribution in [0.3, 0.4) is 0 Å². The molecule has 1 amide bonds. The fraction of sp³-hybridized carbons (Fsp3) is 0.455. The lowest BCUT2D eigenvalue weighted by Crippen LogP contribution is -2.49. The van der Waals surface area contributed by atoms with Gasteiger partial charge in [-0.3, -0.25) is 9.88 Å². The Kier molecular flexibility index (Phi) is 4.11. The van der Waals surface area contributed by atoms with Crippen LogP contribution in [0.2, 0.25) is 0 Å². The standard InChI is InChI=1S/C11H12N4O7/c12-4-11(8(18)7(17)5(3-16)22-11)15-2-1-6(13-9(15)19)14-10(20)21/h1-2,5,7-8,16-18H,3H2,(H,20,21)(H,13,14,19)/t5-,7-,8-,11-/m1/s1. The molecule has 5 N–H and O–H groups in total. The third kappa shape index (κ3) is 2.40. The van der Waals surface area contributed by atoms with Crippen LogP contribution in [0.15, 0.2) is 17.1 Å². The highest BCUT2D eigenvalue weighted by molar-refractivity contribution is 5.81. The largest absolute Gasteiger partial charge is 0.465 e. The molecule has 1 aromatic heterocycles. The first-order chi connectivity index (χ1) is 10.4. The van der Waals surface area contributed by atoms with E-state index in [0.717, 1.165) is 12.3 Å². The van der Waals surface area contributed by atoms with Crippen molar-refractivity contribution in [3.8, 4) is 6.07 Å². The number of carbonyl (C=O) groups is 1. The average molecular weight is 312 g/mol. The highest BCUT2D eigenvalue weighted by Crippen LogP contribution is 2.34. The first kappa shape index (κ1) is 15.9. The van der Waals surface area contributed by atoms with Gasteiger partial charge in [-0.2, -0.15) is 10.2 Å². The monoisotopic (exact) mass is 312 g/mol. The third-order valence-corrected chi connectivity index (χ3v) is 3.17. The van der Waals surface area contributed by atoms with Gasteiger partial charge in [-0.15, -0.1) is 0 Å². The summed E-state index contributed by atoms with van der Waals surface area (Å²) in [6, 6.07) is 2.65. The zero-order valence-electron chi connectivity index (χ0n) is 10.9. The highest BCUT2D eigenvalue weighted by atomic mass is 16.6. The van der Waals surface area contributed by atoms with E-state index in [-0.39, 0.29) is 5.82 Å². The summed E-state index contributed by atoms with van der Waals surface area (Å²) in [6.07, 6.45) is -5.12. The molecule has 0 radical (unpaired) electrons. The second-order valence-corrected chi connectivity index (χ2v) is 4.48. The number of hydrogen-bond acceptors (Lipinski definition) is 8. The Morgan fingerprint density at radius 1 is 1.59 bits per heavy atom. The Morgan fingerprint density at radius 3 is 2.73 bits per heavy atom. The van der Waals surface area contributed by atoms with E-state index in [4.69, 9.17) is 14.9 Å². The topological polar surface area (TPSA) is 178 Å². The number of rotatable bonds is 3. The molecule has 0 spiro atoms. The van der Waals surface area contributed by atoms with Gasteiger partial charge in [0.2, 0.25) is 0 Å². The molecule has 1 saturated heterocycles. The minimum atomic E-state index is -2.28. The number of aliphatic hydroxyl groups excluding tert-OH is 3. The van der Waals surface area contributed by atoms with Crippen LogP contribution in [0.4, 0.5) is 10.6 Å². The number of nitrogens with zero attached hydrogens (tertiary/aromatic N) is 3. The van der Waals surface area contributed by atoms with E-state index in [2.05, 4.69) is 4.98 Å².